The Kier molecular flexibility index (Phi) is 6.10. The average Bonchev–Trinajstić information content (AvgIpc) is 2.48. The van der Waals surface area contributed by atoms with Crippen LogP contribution in [0.3, 0.4) is 0 Å². The van der Waals surface area contributed by atoms with Crippen molar-refractivity contribution in [3.63, 3.8) is 0 Å². The molecule has 2 nitrogen and oxygen atoms in total. The number of methoxy groups -OCH3 is 1. The van der Waals surface area contributed by atoms with Crippen LogP contribution in [0.15, 0.2) is 24.3 Å². The Morgan fingerprint density at radius 1 is 1.14 bits per heavy atom. The van der Waals surface area contributed by atoms with E-state index in [1.807, 2.05) is 0 Å². The van der Waals surface area contributed by atoms with E-state index < -0.39 is 0 Å². The maximum atomic E-state index is 5.55. The minimum absolute atomic E-state index is 0.418. The summed E-state index contributed by atoms with van der Waals surface area (Å²) in [5, 5.41) is 3.71. The Bertz CT molecular complexity index is 421. The minimum Gasteiger partial charge on any atom is -0.496 e. The van der Waals surface area contributed by atoms with Crippen molar-refractivity contribution >= 4 is 0 Å². The molecule has 0 bridgehead atoms. The van der Waals surface area contributed by atoms with Crippen molar-refractivity contribution in [3.05, 3.63) is 29.8 Å². The molecule has 2 heteroatoms. The SMILES string of the molecule is COc1ccccc1CC1(CNCC(C)C)CCCCC1. The van der Waals surface area contributed by atoms with Crippen molar-refractivity contribution in [3.8, 4) is 5.75 Å². The average molecular weight is 289 g/mol. The lowest BCUT2D eigenvalue weighted by Gasteiger charge is -2.38. The second kappa shape index (κ2) is 7.84. The molecule has 0 heterocycles. The number of hydrogen-bond donors (Lipinski definition) is 1. The second-order valence-corrected chi connectivity index (χ2v) is 7.07. The lowest BCUT2D eigenvalue weighted by molar-refractivity contribution is 0.177. The molecule has 1 aromatic carbocycles. The van der Waals surface area contributed by atoms with Crippen molar-refractivity contribution in [2.45, 2.75) is 52.4 Å². The van der Waals surface area contributed by atoms with Crippen LogP contribution in [-0.4, -0.2) is 20.2 Å². The minimum atomic E-state index is 0.418. The summed E-state index contributed by atoms with van der Waals surface area (Å²) >= 11 is 0. The summed E-state index contributed by atoms with van der Waals surface area (Å²) in [6, 6.07) is 8.52. The smallest absolute Gasteiger partial charge is 0.122 e. The van der Waals surface area contributed by atoms with Gasteiger partial charge in [-0.3, -0.25) is 0 Å². The first-order valence-electron chi connectivity index (χ1n) is 8.48. The Balaban J connectivity index is 2.08. The van der Waals surface area contributed by atoms with E-state index >= 15 is 0 Å². The van der Waals surface area contributed by atoms with Gasteiger partial charge in [-0.15, -0.1) is 0 Å². The molecule has 1 saturated carbocycles. The zero-order chi connectivity index (χ0) is 15.1. The van der Waals surface area contributed by atoms with Gasteiger partial charge in [0.2, 0.25) is 0 Å². The molecule has 1 aromatic rings. The number of hydrogen-bond acceptors (Lipinski definition) is 2. The molecule has 2 rings (SSSR count). The summed E-state index contributed by atoms with van der Waals surface area (Å²) in [5.74, 6) is 1.77. The summed E-state index contributed by atoms with van der Waals surface area (Å²) < 4.78 is 5.55. The maximum absolute atomic E-state index is 5.55. The van der Waals surface area contributed by atoms with E-state index in [1.54, 1.807) is 7.11 Å². The predicted molar refractivity (Wildman–Crippen MR) is 89.9 cm³/mol. The standard InChI is InChI=1S/C19H31NO/c1-16(2)14-20-15-19(11-7-4-8-12-19)13-17-9-5-6-10-18(17)21-3/h5-6,9-10,16,20H,4,7-8,11-15H2,1-3H3. The summed E-state index contributed by atoms with van der Waals surface area (Å²) in [6.45, 7) is 6.82. The van der Waals surface area contributed by atoms with Crippen molar-refractivity contribution in [2.75, 3.05) is 20.2 Å². The fourth-order valence-corrected chi connectivity index (χ4v) is 3.60. The van der Waals surface area contributed by atoms with Crippen molar-refractivity contribution < 1.29 is 4.74 Å². The Morgan fingerprint density at radius 2 is 1.86 bits per heavy atom. The van der Waals surface area contributed by atoms with Gasteiger partial charge in [-0.1, -0.05) is 51.3 Å². The molecule has 0 saturated heterocycles. The van der Waals surface area contributed by atoms with Gasteiger partial charge >= 0.3 is 0 Å². The highest BCUT2D eigenvalue weighted by Crippen LogP contribution is 2.40. The molecule has 1 aliphatic rings. The molecule has 1 fully saturated rings. The third kappa shape index (κ3) is 4.74. The molecule has 0 atom stereocenters. The third-order valence-corrected chi connectivity index (χ3v) is 4.72. The highest BCUT2D eigenvalue weighted by atomic mass is 16.5. The van der Waals surface area contributed by atoms with Crippen LogP contribution in [0.5, 0.6) is 5.75 Å². The van der Waals surface area contributed by atoms with E-state index in [9.17, 15) is 0 Å². The largest absolute Gasteiger partial charge is 0.496 e. The molecule has 0 unspecified atom stereocenters. The van der Waals surface area contributed by atoms with E-state index in [0.717, 1.165) is 31.2 Å². The van der Waals surface area contributed by atoms with Gasteiger partial charge in [0, 0.05) is 6.54 Å². The Hall–Kier alpha value is -1.02. The number of benzene rings is 1. The third-order valence-electron chi connectivity index (χ3n) is 4.72. The van der Waals surface area contributed by atoms with Crippen LogP contribution in [-0.2, 0) is 6.42 Å². The van der Waals surface area contributed by atoms with Crippen molar-refractivity contribution in [1.29, 1.82) is 0 Å². The van der Waals surface area contributed by atoms with Crippen LogP contribution in [0, 0.1) is 11.3 Å². The normalized spacial score (nSPS) is 17.9. The number of nitrogens with one attached hydrogen (secondary N) is 1. The first kappa shape index (κ1) is 16.4. The molecule has 0 amide bonds. The Morgan fingerprint density at radius 3 is 2.52 bits per heavy atom. The molecular weight excluding hydrogens is 258 g/mol. The first-order chi connectivity index (χ1) is 10.2. The van der Waals surface area contributed by atoms with E-state index in [4.69, 9.17) is 4.74 Å². The molecule has 21 heavy (non-hydrogen) atoms. The monoisotopic (exact) mass is 289 g/mol. The molecule has 1 N–H and O–H groups in total. The number of ether oxygens (including phenoxy) is 1. The van der Waals surface area contributed by atoms with Crippen LogP contribution in [0.1, 0.15) is 51.5 Å². The second-order valence-electron chi connectivity index (χ2n) is 7.07. The zero-order valence-corrected chi connectivity index (χ0v) is 14.0. The summed E-state index contributed by atoms with van der Waals surface area (Å²) in [7, 11) is 1.78. The summed E-state index contributed by atoms with van der Waals surface area (Å²) in [4.78, 5) is 0. The number of rotatable bonds is 7. The summed E-state index contributed by atoms with van der Waals surface area (Å²) in [6.07, 6.45) is 7.98. The van der Waals surface area contributed by atoms with Gasteiger partial charge in [-0.2, -0.15) is 0 Å². The van der Waals surface area contributed by atoms with Crippen LogP contribution in [0.4, 0.5) is 0 Å². The lowest BCUT2D eigenvalue weighted by Crippen LogP contribution is -2.39. The molecule has 0 spiro atoms. The number of para-hydroxylation sites is 1. The van der Waals surface area contributed by atoms with Gasteiger partial charge in [-0.05, 0) is 48.8 Å². The predicted octanol–water partition coefficient (Wildman–Crippen LogP) is 4.43. The highest BCUT2D eigenvalue weighted by molar-refractivity contribution is 5.34. The van der Waals surface area contributed by atoms with Gasteiger partial charge in [0.25, 0.3) is 0 Å². The van der Waals surface area contributed by atoms with Gasteiger partial charge in [0.15, 0.2) is 0 Å². The molecule has 0 radical (unpaired) electrons. The van der Waals surface area contributed by atoms with Crippen LogP contribution in [0.2, 0.25) is 0 Å². The van der Waals surface area contributed by atoms with E-state index in [1.165, 1.54) is 37.7 Å². The lowest BCUT2D eigenvalue weighted by atomic mass is 9.70. The van der Waals surface area contributed by atoms with Crippen LogP contribution >= 0.6 is 0 Å². The Labute approximate surface area is 130 Å². The van der Waals surface area contributed by atoms with Gasteiger partial charge < -0.3 is 10.1 Å². The fourth-order valence-electron chi connectivity index (χ4n) is 3.60. The summed E-state index contributed by atoms with van der Waals surface area (Å²) in [5.41, 5.74) is 1.79. The van der Waals surface area contributed by atoms with E-state index in [2.05, 4.69) is 43.4 Å². The molecular formula is C19H31NO. The zero-order valence-electron chi connectivity index (χ0n) is 14.0. The van der Waals surface area contributed by atoms with Gasteiger partial charge in [-0.25, -0.2) is 0 Å². The molecule has 118 valence electrons. The van der Waals surface area contributed by atoms with E-state index in [0.29, 0.717) is 5.41 Å². The quantitative estimate of drug-likeness (QED) is 0.801. The molecule has 0 aliphatic heterocycles. The van der Waals surface area contributed by atoms with Gasteiger partial charge in [0.05, 0.1) is 7.11 Å². The van der Waals surface area contributed by atoms with E-state index in [-0.39, 0.29) is 0 Å². The highest BCUT2D eigenvalue weighted by Gasteiger charge is 2.32. The molecule has 0 aromatic heterocycles. The first-order valence-corrected chi connectivity index (χ1v) is 8.48. The molecule has 1 aliphatic carbocycles. The van der Waals surface area contributed by atoms with Gasteiger partial charge in [0.1, 0.15) is 5.75 Å². The van der Waals surface area contributed by atoms with Crippen LogP contribution < -0.4 is 10.1 Å². The topological polar surface area (TPSA) is 21.3 Å². The maximum Gasteiger partial charge on any atom is 0.122 e. The van der Waals surface area contributed by atoms with Crippen molar-refractivity contribution in [2.24, 2.45) is 11.3 Å². The van der Waals surface area contributed by atoms with Crippen molar-refractivity contribution in [1.82, 2.24) is 5.32 Å². The van der Waals surface area contributed by atoms with Crippen LogP contribution in [0.25, 0.3) is 0 Å². The fraction of sp³-hybridized carbons (Fsp3) is 0.684.